The van der Waals surface area contributed by atoms with E-state index in [1.165, 1.54) is 0 Å². The molecule has 0 spiro atoms. The van der Waals surface area contributed by atoms with E-state index in [-0.39, 0.29) is 12.1 Å². The van der Waals surface area contributed by atoms with Gasteiger partial charge < -0.3 is 15.2 Å². The minimum absolute atomic E-state index is 0.226. The summed E-state index contributed by atoms with van der Waals surface area (Å²) in [6.45, 7) is 7.28. The predicted octanol–water partition coefficient (Wildman–Crippen LogP) is 2.15. The summed E-state index contributed by atoms with van der Waals surface area (Å²) >= 11 is 0. The average molecular weight is 306 g/mol. The van der Waals surface area contributed by atoms with Crippen LogP contribution in [0.15, 0.2) is 30.3 Å². The quantitative estimate of drug-likeness (QED) is 0.898. The van der Waals surface area contributed by atoms with Gasteiger partial charge in [-0.1, -0.05) is 30.3 Å². The molecule has 2 N–H and O–H groups in total. The molecule has 0 aromatic heterocycles. The summed E-state index contributed by atoms with van der Waals surface area (Å²) in [5.74, 6) is 0. The zero-order valence-electron chi connectivity index (χ0n) is 13.6. The molecule has 0 aliphatic carbocycles. The number of ether oxygens (including phenoxy) is 1. The minimum atomic E-state index is -0.579. The lowest BCUT2D eigenvalue weighted by molar-refractivity contribution is -0.0159. The number of hydrogen-bond acceptors (Lipinski definition) is 4. The van der Waals surface area contributed by atoms with E-state index in [0.29, 0.717) is 19.5 Å². The van der Waals surface area contributed by atoms with E-state index in [4.69, 9.17) is 4.74 Å². The van der Waals surface area contributed by atoms with E-state index in [1.807, 2.05) is 51.1 Å². The maximum absolute atomic E-state index is 12.6. The van der Waals surface area contributed by atoms with Gasteiger partial charge in [0.1, 0.15) is 5.60 Å². The lowest BCUT2D eigenvalue weighted by atomic mass is 10.0. The molecule has 0 radical (unpaired) electrons. The van der Waals surface area contributed by atoms with Crippen LogP contribution in [0.3, 0.4) is 0 Å². The van der Waals surface area contributed by atoms with Crippen molar-refractivity contribution in [1.29, 1.82) is 0 Å². The van der Waals surface area contributed by atoms with Gasteiger partial charge in [0.15, 0.2) is 0 Å². The molecule has 22 heavy (non-hydrogen) atoms. The highest BCUT2D eigenvalue weighted by atomic mass is 16.6. The molecule has 5 nitrogen and oxygen atoms in total. The Hall–Kier alpha value is -1.59. The van der Waals surface area contributed by atoms with E-state index in [9.17, 15) is 9.90 Å². The van der Waals surface area contributed by atoms with Crippen LogP contribution in [-0.4, -0.2) is 46.9 Å². The molecule has 1 fully saturated rings. The highest BCUT2D eigenvalue weighted by molar-refractivity contribution is 5.68. The third-order valence-corrected chi connectivity index (χ3v) is 3.64. The van der Waals surface area contributed by atoms with Crippen LogP contribution in [0.2, 0.25) is 0 Å². The maximum atomic E-state index is 12.6. The third kappa shape index (κ3) is 4.71. The van der Waals surface area contributed by atoms with E-state index in [2.05, 4.69) is 5.32 Å². The van der Waals surface area contributed by atoms with Crippen molar-refractivity contribution in [2.24, 2.45) is 0 Å². The Balaban J connectivity index is 2.17. The Morgan fingerprint density at radius 1 is 1.36 bits per heavy atom. The van der Waals surface area contributed by atoms with E-state index in [1.54, 1.807) is 4.90 Å². The van der Waals surface area contributed by atoms with Gasteiger partial charge in [0.2, 0.25) is 0 Å². The second-order valence-electron chi connectivity index (χ2n) is 6.72. The summed E-state index contributed by atoms with van der Waals surface area (Å²) in [5.41, 5.74) is 0.475. The summed E-state index contributed by atoms with van der Waals surface area (Å²) in [4.78, 5) is 14.2. The standard InChI is InChI=1S/C17H26N2O3/c1-17(2,3)22-16(21)19(12-13-7-5-4-6-8-13)14-9-10-18-11-15(14)20/h4-8,14-15,18,20H,9-12H2,1-3H3/t14-,15-/m1/s1. The molecule has 2 atom stereocenters. The van der Waals surface area contributed by atoms with Gasteiger partial charge in [-0.2, -0.15) is 0 Å². The van der Waals surface area contributed by atoms with Crippen LogP contribution >= 0.6 is 0 Å². The Bertz CT molecular complexity index is 484. The number of amides is 1. The molecular formula is C17H26N2O3. The van der Waals surface area contributed by atoms with Crippen LogP contribution in [0.5, 0.6) is 0 Å². The number of nitrogens with zero attached hydrogens (tertiary/aromatic N) is 1. The number of piperidine rings is 1. The van der Waals surface area contributed by atoms with Crippen molar-refractivity contribution in [3.63, 3.8) is 0 Å². The molecule has 122 valence electrons. The number of aliphatic hydroxyl groups excluding tert-OH is 1. The zero-order chi connectivity index (χ0) is 16.2. The molecule has 1 aliphatic rings. The van der Waals surface area contributed by atoms with Crippen molar-refractivity contribution in [2.45, 2.75) is 51.5 Å². The molecule has 1 aromatic carbocycles. The first-order valence-corrected chi connectivity index (χ1v) is 7.79. The molecule has 1 aliphatic heterocycles. The normalized spacial score (nSPS) is 22.2. The van der Waals surface area contributed by atoms with Crippen molar-refractivity contribution >= 4 is 6.09 Å². The largest absolute Gasteiger partial charge is 0.444 e. The maximum Gasteiger partial charge on any atom is 0.410 e. The lowest BCUT2D eigenvalue weighted by Crippen LogP contribution is -2.55. The third-order valence-electron chi connectivity index (χ3n) is 3.64. The number of benzene rings is 1. The van der Waals surface area contributed by atoms with Crippen LogP contribution in [0, 0.1) is 0 Å². The van der Waals surface area contributed by atoms with E-state index < -0.39 is 11.7 Å². The van der Waals surface area contributed by atoms with Crippen molar-refractivity contribution in [1.82, 2.24) is 10.2 Å². The Morgan fingerprint density at radius 3 is 2.64 bits per heavy atom. The topological polar surface area (TPSA) is 61.8 Å². The predicted molar refractivity (Wildman–Crippen MR) is 85.5 cm³/mol. The molecule has 0 saturated carbocycles. The molecule has 1 heterocycles. The van der Waals surface area contributed by atoms with Gasteiger partial charge in [-0.3, -0.25) is 4.90 Å². The van der Waals surface area contributed by atoms with Gasteiger partial charge in [0.05, 0.1) is 12.1 Å². The molecule has 1 aromatic rings. The lowest BCUT2D eigenvalue weighted by Gasteiger charge is -2.38. The van der Waals surface area contributed by atoms with Gasteiger partial charge >= 0.3 is 6.09 Å². The van der Waals surface area contributed by atoms with E-state index >= 15 is 0 Å². The van der Waals surface area contributed by atoms with Gasteiger partial charge in [-0.15, -0.1) is 0 Å². The summed E-state index contributed by atoms with van der Waals surface area (Å²) in [6.07, 6.45) is -0.236. The van der Waals surface area contributed by atoms with Gasteiger partial charge in [-0.25, -0.2) is 4.79 Å². The number of hydrogen-bond donors (Lipinski definition) is 2. The average Bonchev–Trinajstić information content (AvgIpc) is 2.45. The molecule has 1 amide bonds. The number of carbonyl (C=O) groups excluding carboxylic acids is 1. The molecular weight excluding hydrogens is 280 g/mol. The number of nitrogens with one attached hydrogen (secondary N) is 1. The summed E-state index contributed by atoms with van der Waals surface area (Å²) < 4.78 is 5.53. The molecule has 2 rings (SSSR count). The van der Waals surface area contributed by atoms with Crippen LogP contribution in [0.1, 0.15) is 32.8 Å². The van der Waals surface area contributed by atoms with Crippen molar-refractivity contribution < 1.29 is 14.6 Å². The smallest absolute Gasteiger partial charge is 0.410 e. The molecule has 5 heteroatoms. The number of carbonyl (C=O) groups is 1. The number of β-amino-alcohol motifs (C(OH)–C–C–N with tert-alkyl or cyclic N) is 1. The van der Waals surface area contributed by atoms with Gasteiger partial charge in [-0.05, 0) is 39.3 Å². The fourth-order valence-electron chi connectivity index (χ4n) is 2.61. The van der Waals surface area contributed by atoms with Crippen molar-refractivity contribution in [3.8, 4) is 0 Å². The number of rotatable bonds is 3. The van der Waals surface area contributed by atoms with Crippen LogP contribution in [0.25, 0.3) is 0 Å². The Labute approximate surface area is 132 Å². The monoisotopic (exact) mass is 306 g/mol. The Morgan fingerprint density at radius 2 is 2.05 bits per heavy atom. The molecule has 0 unspecified atom stereocenters. The first kappa shape index (κ1) is 16.8. The fourth-order valence-corrected chi connectivity index (χ4v) is 2.61. The van der Waals surface area contributed by atoms with Crippen molar-refractivity contribution in [2.75, 3.05) is 13.1 Å². The van der Waals surface area contributed by atoms with Gasteiger partial charge in [0.25, 0.3) is 0 Å². The first-order chi connectivity index (χ1) is 10.4. The SMILES string of the molecule is CC(C)(C)OC(=O)N(Cc1ccccc1)[C@@H]1CCNC[C@H]1O. The van der Waals surface area contributed by atoms with Crippen LogP contribution in [-0.2, 0) is 11.3 Å². The summed E-state index contributed by atoms with van der Waals surface area (Å²) in [5, 5.41) is 13.4. The second-order valence-corrected chi connectivity index (χ2v) is 6.72. The molecule has 0 bridgehead atoms. The first-order valence-electron chi connectivity index (χ1n) is 7.79. The Kier molecular flexibility index (Phi) is 5.42. The van der Waals surface area contributed by atoms with E-state index in [0.717, 1.165) is 12.1 Å². The highest BCUT2D eigenvalue weighted by Crippen LogP contribution is 2.20. The zero-order valence-corrected chi connectivity index (χ0v) is 13.6. The fraction of sp³-hybridized carbons (Fsp3) is 0.588. The van der Waals surface area contributed by atoms with Crippen LogP contribution in [0.4, 0.5) is 4.79 Å². The van der Waals surface area contributed by atoms with Crippen LogP contribution < -0.4 is 5.32 Å². The number of aliphatic hydroxyl groups is 1. The van der Waals surface area contributed by atoms with Gasteiger partial charge in [0, 0.05) is 13.1 Å². The summed E-state index contributed by atoms with van der Waals surface area (Å²) in [7, 11) is 0. The minimum Gasteiger partial charge on any atom is -0.444 e. The summed E-state index contributed by atoms with van der Waals surface area (Å²) in [6, 6.07) is 9.57. The highest BCUT2D eigenvalue weighted by Gasteiger charge is 2.34. The molecule has 1 saturated heterocycles. The second kappa shape index (κ2) is 7.11. The van der Waals surface area contributed by atoms with Crippen molar-refractivity contribution in [3.05, 3.63) is 35.9 Å².